The third kappa shape index (κ3) is 5.34. The lowest BCUT2D eigenvalue weighted by atomic mass is 9.85. The molecule has 0 saturated carbocycles. The van der Waals surface area contributed by atoms with Crippen LogP contribution in [0.25, 0.3) is 90.0 Å². The Labute approximate surface area is 339 Å². The zero-order valence-electron chi connectivity index (χ0n) is 32.6. The fourth-order valence-electron chi connectivity index (χ4n) is 9.74. The maximum Gasteiger partial charge on any atom is 0.0541 e. The third-order valence-electron chi connectivity index (χ3n) is 12.3. The van der Waals surface area contributed by atoms with Gasteiger partial charge in [-0.3, -0.25) is 0 Å². The van der Waals surface area contributed by atoms with Gasteiger partial charge in [-0.15, -0.1) is 0 Å². The number of nitrogens with zero attached hydrogens (tertiary/aromatic N) is 3. The Bertz CT molecular complexity index is 3170. The van der Waals surface area contributed by atoms with Crippen LogP contribution in [0, 0.1) is 0 Å². The van der Waals surface area contributed by atoms with Crippen LogP contribution in [-0.4, -0.2) is 13.7 Å². The smallest absolute Gasteiger partial charge is 0.0541 e. The van der Waals surface area contributed by atoms with Crippen LogP contribution in [0.15, 0.2) is 176 Å². The summed E-state index contributed by atoms with van der Waals surface area (Å²) in [4.78, 5) is 0. The zero-order valence-corrected chi connectivity index (χ0v) is 32.6. The average Bonchev–Trinajstić information content (AvgIpc) is 3.92. The van der Waals surface area contributed by atoms with E-state index in [0.717, 1.165) is 25.0 Å². The monoisotopic (exact) mass is 745 g/mol. The molecule has 0 fully saturated rings. The molecular weight excluding hydrogens is 703 g/mol. The van der Waals surface area contributed by atoms with Gasteiger partial charge in [0, 0.05) is 55.8 Å². The van der Waals surface area contributed by atoms with Gasteiger partial charge >= 0.3 is 0 Å². The van der Waals surface area contributed by atoms with E-state index in [1.807, 2.05) is 6.08 Å². The van der Waals surface area contributed by atoms with Gasteiger partial charge in [0.25, 0.3) is 0 Å². The zero-order chi connectivity index (χ0) is 38.7. The van der Waals surface area contributed by atoms with Crippen LogP contribution < -0.4 is 0 Å². The van der Waals surface area contributed by atoms with Crippen molar-refractivity contribution in [2.45, 2.75) is 32.1 Å². The molecule has 9 aromatic rings. The van der Waals surface area contributed by atoms with Gasteiger partial charge in [-0.1, -0.05) is 122 Å². The number of rotatable bonds is 7. The van der Waals surface area contributed by atoms with E-state index in [9.17, 15) is 0 Å². The summed E-state index contributed by atoms with van der Waals surface area (Å²) < 4.78 is 7.28. The number of hydrogen-bond acceptors (Lipinski definition) is 0. The molecule has 0 radical (unpaired) electrons. The van der Waals surface area contributed by atoms with Crippen LogP contribution in [0.5, 0.6) is 0 Å². The topological polar surface area (TPSA) is 14.8 Å². The first kappa shape index (κ1) is 34.2. The molecule has 11 rings (SSSR count). The quantitative estimate of drug-likeness (QED) is 0.154. The molecule has 3 nitrogen and oxygen atoms in total. The molecule has 278 valence electrons. The number of allylic oxidation sites excluding steroid dienone is 6. The van der Waals surface area contributed by atoms with Crippen molar-refractivity contribution in [3.05, 3.63) is 205 Å². The molecule has 6 aromatic carbocycles. The summed E-state index contributed by atoms with van der Waals surface area (Å²) in [5.41, 5.74) is 17.2. The van der Waals surface area contributed by atoms with Crippen LogP contribution in [0.2, 0.25) is 0 Å². The molecule has 2 aliphatic rings. The number of fused-ring (bicyclic) bond motifs is 7. The lowest BCUT2D eigenvalue weighted by molar-refractivity contribution is 0.824. The summed E-state index contributed by atoms with van der Waals surface area (Å²) in [5, 5.41) is 5.08. The Balaban J connectivity index is 1.13. The van der Waals surface area contributed by atoms with E-state index < -0.39 is 0 Å². The number of hydrogen-bond donors (Lipinski definition) is 0. The molecule has 1 unspecified atom stereocenters. The van der Waals surface area contributed by atoms with Crippen molar-refractivity contribution in [3.63, 3.8) is 0 Å². The van der Waals surface area contributed by atoms with Crippen LogP contribution in [0.1, 0.15) is 53.8 Å². The van der Waals surface area contributed by atoms with Gasteiger partial charge in [0.2, 0.25) is 0 Å². The van der Waals surface area contributed by atoms with Crippen molar-refractivity contribution < 1.29 is 0 Å². The third-order valence-corrected chi connectivity index (χ3v) is 12.3. The highest BCUT2D eigenvalue weighted by Crippen LogP contribution is 2.42. The van der Waals surface area contributed by atoms with E-state index in [2.05, 4.69) is 209 Å². The van der Waals surface area contributed by atoms with Crippen LogP contribution >= 0.6 is 0 Å². The van der Waals surface area contributed by atoms with Crippen molar-refractivity contribution in [1.82, 2.24) is 13.7 Å². The van der Waals surface area contributed by atoms with E-state index in [1.165, 1.54) is 94.2 Å². The predicted octanol–water partition coefficient (Wildman–Crippen LogP) is 14.6. The van der Waals surface area contributed by atoms with Gasteiger partial charge in [0.15, 0.2) is 0 Å². The minimum absolute atomic E-state index is 0.190. The number of aromatic nitrogens is 3. The standard InChI is InChI=1S/C55H43N3/c1-3-17-44-48-35-37(28-30-54(48)56(50(44)4-2)41-18-7-5-8-19-41)39-32-40(34-43(33-39)58-51-25-14-11-22-45(51)46-23-12-15-26-52(46)58)38-29-31-55-49(36-38)47-24-13-16-27-53(47)57(55)42-20-9-6-10-21-42/h3-4,6-7,9-35,38H,2,5,8,36H2,1H3/b17-3-. The summed E-state index contributed by atoms with van der Waals surface area (Å²) in [6, 6.07) is 51.6. The summed E-state index contributed by atoms with van der Waals surface area (Å²) in [7, 11) is 0. The van der Waals surface area contributed by atoms with Gasteiger partial charge in [-0.2, -0.15) is 0 Å². The van der Waals surface area contributed by atoms with E-state index in [0.29, 0.717) is 0 Å². The van der Waals surface area contributed by atoms with Crippen molar-refractivity contribution in [2.75, 3.05) is 0 Å². The van der Waals surface area contributed by atoms with Gasteiger partial charge in [0.05, 0.1) is 27.8 Å². The van der Waals surface area contributed by atoms with Crippen molar-refractivity contribution in [3.8, 4) is 22.5 Å². The molecule has 0 amide bonds. The Hall–Kier alpha value is -7.10. The van der Waals surface area contributed by atoms with Gasteiger partial charge < -0.3 is 13.7 Å². The van der Waals surface area contributed by atoms with E-state index >= 15 is 0 Å². The largest absolute Gasteiger partial charge is 0.310 e. The minimum atomic E-state index is 0.190. The van der Waals surface area contributed by atoms with Gasteiger partial charge in [0.1, 0.15) is 0 Å². The molecule has 0 saturated heterocycles. The van der Waals surface area contributed by atoms with Crippen LogP contribution in [-0.2, 0) is 6.42 Å². The first-order valence-corrected chi connectivity index (χ1v) is 20.5. The second-order valence-corrected chi connectivity index (χ2v) is 15.6. The second kappa shape index (κ2) is 13.8. The first-order valence-electron chi connectivity index (χ1n) is 20.5. The molecule has 1 atom stereocenters. The summed E-state index contributed by atoms with van der Waals surface area (Å²) in [6.45, 7) is 6.39. The molecule has 0 aliphatic heterocycles. The highest BCUT2D eigenvalue weighted by molar-refractivity contribution is 6.09. The van der Waals surface area contributed by atoms with Crippen molar-refractivity contribution >= 4 is 67.5 Å². The Morgan fingerprint density at radius 1 is 0.586 bits per heavy atom. The highest BCUT2D eigenvalue weighted by atomic mass is 15.0. The number of para-hydroxylation sites is 4. The molecule has 3 heterocycles. The molecule has 0 spiro atoms. The van der Waals surface area contributed by atoms with Crippen LogP contribution in [0.3, 0.4) is 0 Å². The van der Waals surface area contributed by atoms with Gasteiger partial charge in [-0.05, 0) is 121 Å². The Morgan fingerprint density at radius 3 is 1.98 bits per heavy atom. The Kier molecular flexibility index (Phi) is 8.15. The van der Waals surface area contributed by atoms with E-state index in [-0.39, 0.29) is 5.92 Å². The Morgan fingerprint density at radius 2 is 1.28 bits per heavy atom. The lowest BCUT2D eigenvalue weighted by Gasteiger charge is -2.22. The highest BCUT2D eigenvalue weighted by Gasteiger charge is 2.25. The molecule has 3 aromatic heterocycles. The van der Waals surface area contributed by atoms with Crippen molar-refractivity contribution in [2.24, 2.45) is 0 Å². The number of benzene rings is 6. The van der Waals surface area contributed by atoms with E-state index in [4.69, 9.17) is 0 Å². The molecule has 58 heavy (non-hydrogen) atoms. The molecule has 3 heteroatoms. The fraction of sp³-hybridized carbons (Fsp3) is 0.0909. The molecule has 2 aliphatic carbocycles. The second-order valence-electron chi connectivity index (χ2n) is 15.6. The van der Waals surface area contributed by atoms with E-state index in [1.54, 1.807) is 0 Å². The summed E-state index contributed by atoms with van der Waals surface area (Å²) in [5.74, 6) is 0.190. The maximum atomic E-state index is 4.30. The SMILES string of the molecule is C=Cc1c(/C=C\C)c2cc(-c3cc(C4C=Cc5c(c6ccccc6n5-c5ccccc5)C4)cc(-n4c5ccccc5c5ccccc54)c3)ccc2n1C1=CCCC=C1. The predicted molar refractivity (Wildman–Crippen MR) is 248 cm³/mol. The summed E-state index contributed by atoms with van der Waals surface area (Å²) in [6.07, 6.45) is 21.1. The molecule has 0 bridgehead atoms. The maximum absolute atomic E-state index is 4.30. The lowest BCUT2D eigenvalue weighted by Crippen LogP contribution is -2.08. The molecule has 0 N–H and O–H groups in total. The average molecular weight is 746 g/mol. The van der Waals surface area contributed by atoms with Gasteiger partial charge in [-0.25, -0.2) is 0 Å². The normalized spacial score (nSPS) is 15.3. The minimum Gasteiger partial charge on any atom is -0.310 e. The fourth-order valence-corrected chi connectivity index (χ4v) is 9.74. The first-order chi connectivity index (χ1) is 28.7. The summed E-state index contributed by atoms with van der Waals surface area (Å²) >= 11 is 0. The van der Waals surface area contributed by atoms with Crippen molar-refractivity contribution in [1.29, 1.82) is 0 Å². The molecular formula is C55H43N3. The van der Waals surface area contributed by atoms with Crippen LogP contribution in [0.4, 0.5) is 0 Å².